The molecule has 3 nitrogen and oxygen atoms in total. The van der Waals surface area contributed by atoms with Crippen LogP contribution in [0.25, 0.3) is 0 Å². The van der Waals surface area contributed by atoms with Crippen LogP contribution in [0.2, 0.25) is 0 Å². The van der Waals surface area contributed by atoms with Crippen LogP contribution in [0.3, 0.4) is 0 Å². The van der Waals surface area contributed by atoms with Gasteiger partial charge in [-0.1, -0.05) is 0 Å². The average molecular weight is 444 g/mol. The number of nitrogens with zero attached hydrogens (tertiary/aromatic N) is 2. The molecule has 0 aliphatic heterocycles. The number of rotatable bonds is 4. The molecule has 0 unspecified atom stereocenters. The van der Waals surface area contributed by atoms with Crippen LogP contribution in [0.4, 0.5) is 0 Å². The fourth-order valence-corrected chi connectivity index (χ4v) is 2.73. The van der Waals surface area contributed by atoms with Gasteiger partial charge < -0.3 is 0 Å². The molecule has 0 fully saturated rings. The molecule has 0 spiro atoms. The van der Waals surface area contributed by atoms with Gasteiger partial charge in [0.15, 0.2) is 0 Å². The number of nitrogens with one attached hydrogen (secondary N) is 1. The summed E-state index contributed by atoms with van der Waals surface area (Å²) >= 11 is 2.25. The van der Waals surface area contributed by atoms with Crippen molar-refractivity contribution in [3.63, 3.8) is 0 Å². The first kappa shape index (κ1) is 13.3. The number of H-pyrrole nitrogens is 1. The Labute approximate surface area is 128 Å². The summed E-state index contributed by atoms with van der Waals surface area (Å²) in [7, 11) is 0. The van der Waals surface area contributed by atoms with Gasteiger partial charge in [0.1, 0.15) is 0 Å². The van der Waals surface area contributed by atoms with Gasteiger partial charge in [0.2, 0.25) is 0 Å². The number of hydrogen-bond donors (Lipinski definition) is 1. The molecule has 2 aromatic carbocycles. The number of aromatic nitrogens is 3. The molecule has 3 aromatic rings. The van der Waals surface area contributed by atoms with Crippen molar-refractivity contribution in [2.45, 2.75) is 13.0 Å². The van der Waals surface area contributed by atoms with Crippen LogP contribution in [-0.4, -0.2) is 14.8 Å². The Morgan fingerprint density at radius 2 is 1.50 bits per heavy atom. The molecule has 20 heavy (non-hydrogen) atoms. The van der Waals surface area contributed by atoms with Crippen LogP contribution in [0, 0.1) is 3.80 Å². The van der Waals surface area contributed by atoms with Gasteiger partial charge in [-0.05, 0) is 0 Å². The van der Waals surface area contributed by atoms with Crippen LogP contribution >= 0.6 is 0 Å². The van der Waals surface area contributed by atoms with Crippen molar-refractivity contribution in [2.24, 2.45) is 0 Å². The van der Waals surface area contributed by atoms with Crippen molar-refractivity contribution in [3.05, 3.63) is 81.4 Å². The Balaban J connectivity index is 1.79. The summed E-state index contributed by atoms with van der Waals surface area (Å²) in [5.41, 5.74) is 2.54. The fraction of sp³-hybridized carbons (Fsp3) is 0.125. The zero-order valence-electron chi connectivity index (χ0n) is 10.9. The van der Waals surface area contributed by atoms with E-state index in [-0.39, 0.29) is 0 Å². The van der Waals surface area contributed by atoms with Crippen LogP contribution < -0.4 is 0 Å². The molecule has 0 saturated carbocycles. The van der Waals surface area contributed by atoms with E-state index in [9.17, 15) is 0 Å². The summed E-state index contributed by atoms with van der Waals surface area (Å²) in [5, 5.41) is 3.38. The second-order valence-electron chi connectivity index (χ2n) is 4.65. The third-order valence-electron chi connectivity index (χ3n) is 3.09. The van der Waals surface area contributed by atoms with Gasteiger partial charge in [-0.15, -0.1) is 0 Å². The number of aromatic amines is 1. The molecule has 0 amide bonds. The molecule has 4 heteroatoms. The van der Waals surface area contributed by atoms with Crippen molar-refractivity contribution >= 4 is 0 Å². The van der Waals surface area contributed by atoms with E-state index in [1.807, 2.05) is 12.1 Å². The topological polar surface area (TPSA) is 33.6 Å². The van der Waals surface area contributed by atoms with E-state index in [1.54, 1.807) is 0 Å². The van der Waals surface area contributed by atoms with Crippen LogP contribution in [0.15, 0.2) is 60.7 Å². The monoisotopic (exact) mass is 444 g/mol. The molecular weight excluding hydrogens is 429 g/mol. The molecule has 1 aromatic heterocycles. The summed E-state index contributed by atoms with van der Waals surface area (Å²) < 4.78 is 3.06. The summed E-state index contributed by atoms with van der Waals surface area (Å²) in [5.74, 6) is 0.997. The van der Waals surface area contributed by atoms with Gasteiger partial charge in [-0.3, -0.25) is 0 Å². The second kappa shape index (κ2) is 6.15. The summed E-state index contributed by atoms with van der Waals surface area (Å²) in [4.78, 5) is 4.60. The fourth-order valence-electron chi connectivity index (χ4n) is 2.12. The van der Waals surface area contributed by atoms with E-state index in [4.69, 9.17) is 0 Å². The van der Waals surface area contributed by atoms with Crippen molar-refractivity contribution < 1.29 is 19.4 Å². The molecule has 0 bridgehead atoms. The van der Waals surface area contributed by atoms with Gasteiger partial charge >= 0.3 is 129 Å². The van der Waals surface area contributed by atoms with Gasteiger partial charge in [-0.2, -0.15) is 0 Å². The van der Waals surface area contributed by atoms with Crippen LogP contribution in [0.1, 0.15) is 17.0 Å². The van der Waals surface area contributed by atoms with Crippen molar-refractivity contribution in [2.75, 3.05) is 0 Å². The minimum atomic E-state index is 0.821. The van der Waals surface area contributed by atoms with Crippen LogP contribution in [0.5, 0.6) is 0 Å². The molecular formula is C16H15N3Pt. The first-order valence-electron chi connectivity index (χ1n) is 6.50. The van der Waals surface area contributed by atoms with E-state index >= 15 is 0 Å². The van der Waals surface area contributed by atoms with E-state index in [0.29, 0.717) is 0 Å². The number of hydrogen-bond acceptors (Lipinski definition) is 1. The Morgan fingerprint density at radius 1 is 0.900 bits per heavy atom. The second-order valence-corrected chi connectivity index (χ2v) is 5.66. The Kier molecular flexibility index (Phi) is 4.08. The van der Waals surface area contributed by atoms with Gasteiger partial charge in [0.05, 0.1) is 0 Å². The summed E-state index contributed by atoms with van der Waals surface area (Å²) in [6.45, 7) is 0.821. The third-order valence-corrected chi connectivity index (χ3v) is 3.96. The molecule has 1 N–H and O–H groups in total. The van der Waals surface area contributed by atoms with Crippen molar-refractivity contribution in [1.82, 2.24) is 14.8 Å². The Hall–Kier alpha value is -1.73. The van der Waals surface area contributed by atoms with Gasteiger partial charge in [-0.25, -0.2) is 0 Å². The zero-order chi connectivity index (χ0) is 13.8. The molecule has 0 atom stereocenters. The molecule has 3 rings (SSSR count). The predicted molar refractivity (Wildman–Crippen MR) is 74.6 cm³/mol. The standard InChI is InChI=1S/C16H15N3.Pt/c1-3-7-14(8-4-1)11-16-17-13-19(18-16)12-15-9-5-2-6-10-15;/h1-10H,11-12H2,(H,17,18);. The summed E-state index contributed by atoms with van der Waals surface area (Å²) in [6.07, 6.45) is 0.832. The normalized spacial score (nSPS) is 10.7. The Morgan fingerprint density at radius 3 is 2.15 bits per heavy atom. The van der Waals surface area contributed by atoms with Gasteiger partial charge in [0, 0.05) is 0 Å². The quantitative estimate of drug-likeness (QED) is 0.660. The van der Waals surface area contributed by atoms with E-state index < -0.39 is 0 Å². The van der Waals surface area contributed by atoms with Crippen LogP contribution in [-0.2, 0) is 32.3 Å². The Bertz CT molecular complexity index is 729. The molecule has 0 radical (unpaired) electrons. The SMILES string of the molecule is [Pt]=[c]1nc(Cc2ccccc2)[nH]n1Cc1ccccc1. The van der Waals surface area contributed by atoms with Crippen molar-refractivity contribution in [3.8, 4) is 0 Å². The summed E-state index contributed by atoms with van der Waals surface area (Å²) in [6, 6.07) is 20.8. The van der Waals surface area contributed by atoms with E-state index in [0.717, 1.165) is 22.6 Å². The zero-order valence-corrected chi connectivity index (χ0v) is 13.2. The van der Waals surface area contributed by atoms with E-state index in [1.165, 1.54) is 11.1 Å². The third kappa shape index (κ3) is 3.23. The van der Waals surface area contributed by atoms with Crippen molar-refractivity contribution in [1.29, 1.82) is 0 Å². The first-order chi connectivity index (χ1) is 9.81. The maximum absolute atomic E-state index is 4.60. The predicted octanol–water partition coefficient (Wildman–Crippen LogP) is 2.93. The molecule has 0 aliphatic rings. The minimum absolute atomic E-state index is 0.821. The maximum atomic E-state index is 4.60. The average Bonchev–Trinajstić information content (AvgIpc) is 2.81. The molecule has 0 aliphatic carbocycles. The molecule has 1 heterocycles. The van der Waals surface area contributed by atoms with Gasteiger partial charge in [0.25, 0.3) is 0 Å². The van der Waals surface area contributed by atoms with E-state index in [2.05, 4.69) is 82.6 Å². The molecule has 104 valence electrons. The molecule has 0 saturated heterocycles. The first-order valence-corrected chi connectivity index (χ1v) is 7.64. The number of benzene rings is 2.